The van der Waals surface area contributed by atoms with Crippen LogP contribution >= 0.6 is 0 Å². The third-order valence-corrected chi connectivity index (χ3v) is 4.68. The molecule has 2 heteroatoms. The van der Waals surface area contributed by atoms with Crippen molar-refractivity contribution < 1.29 is 5.11 Å². The standard InChI is InChI=1S/C21H29NO/c1-5-18(4)22(14-20-12-11-16(2)13-17(20)3)15-21(23)19-9-7-6-8-10-19/h6-13,18,21,23H,5,14-15H2,1-4H3/t18-,21-/m0/s1. The second kappa shape index (κ2) is 8.28. The summed E-state index contributed by atoms with van der Waals surface area (Å²) in [5, 5.41) is 10.6. The van der Waals surface area contributed by atoms with Crippen molar-refractivity contribution >= 4 is 0 Å². The second-order valence-electron chi connectivity index (χ2n) is 6.54. The molecule has 2 nitrogen and oxygen atoms in total. The van der Waals surface area contributed by atoms with E-state index in [0.29, 0.717) is 12.6 Å². The molecule has 0 saturated heterocycles. The van der Waals surface area contributed by atoms with Crippen LogP contribution in [-0.4, -0.2) is 22.6 Å². The Morgan fingerprint density at radius 3 is 2.35 bits per heavy atom. The zero-order valence-electron chi connectivity index (χ0n) is 14.8. The van der Waals surface area contributed by atoms with Gasteiger partial charge in [-0.2, -0.15) is 0 Å². The highest BCUT2D eigenvalue weighted by Gasteiger charge is 2.18. The lowest BCUT2D eigenvalue weighted by Crippen LogP contribution is -2.36. The van der Waals surface area contributed by atoms with Gasteiger partial charge >= 0.3 is 0 Å². The molecule has 0 aliphatic heterocycles. The molecular weight excluding hydrogens is 282 g/mol. The highest BCUT2D eigenvalue weighted by atomic mass is 16.3. The fourth-order valence-electron chi connectivity index (χ4n) is 2.90. The molecule has 0 amide bonds. The average Bonchev–Trinajstić information content (AvgIpc) is 2.56. The molecule has 0 aromatic heterocycles. The predicted molar refractivity (Wildman–Crippen MR) is 97.5 cm³/mol. The minimum atomic E-state index is -0.448. The summed E-state index contributed by atoms with van der Waals surface area (Å²) in [6.45, 7) is 10.3. The topological polar surface area (TPSA) is 23.5 Å². The van der Waals surface area contributed by atoms with E-state index in [9.17, 15) is 5.11 Å². The molecular formula is C21H29NO. The highest BCUT2D eigenvalue weighted by molar-refractivity contribution is 5.30. The van der Waals surface area contributed by atoms with Gasteiger partial charge in [-0.15, -0.1) is 0 Å². The second-order valence-corrected chi connectivity index (χ2v) is 6.54. The van der Waals surface area contributed by atoms with E-state index in [2.05, 4.69) is 50.8 Å². The summed E-state index contributed by atoms with van der Waals surface area (Å²) in [6.07, 6.45) is 0.628. The van der Waals surface area contributed by atoms with Gasteiger partial charge in [-0.3, -0.25) is 4.90 Å². The van der Waals surface area contributed by atoms with Gasteiger partial charge in [0.1, 0.15) is 0 Å². The summed E-state index contributed by atoms with van der Waals surface area (Å²) in [7, 11) is 0. The van der Waals surface area contributed by atoms with E-state index in [1.54, 1.807) is 0 Å². The molecule has 0 aliphatic rings. The van der Waals surface area contributed by atoms with Gasteiger partial charge in [0, 0.05) is 19.1 Å². The summed E-state index contributed by atoms with van der Waals surface area (Å²) in [4.78, 5) is 2.38. The Labute approximate surface area is 140 Å². The molecule has 124 valence electrons. The first-order valence-electron chi connectivity index (χ1n) is 8.54. The predicted octanol–water partition coefficient (Wildman–Crippen LogP) is 4.64. The van der Waals surface area contributed by atoms with Crippen LogP contribution in [0.25, 0.3) is 0 Å². The van der Waals surface area contributed by atoms with Gasteiger partial charge in [0.25, 0.3) is 0 Å². The maximum atomic E-state index is 10.6. The van der Waals surface area contributed by atoms with Crippen LogP contribution in [0.3, 0.4) is 0 Å². The van der Waals surface area contributed by atoms with Gasteiger partial charge in [0.15, 0.2) is 0 Å². The Hall–Kier alpha value is -1.64. The summed E-state index contributed by atoms with van der Waals surface area (Å²) in [6, 6.07) is 17.0. The quantitative estimate of drug-likeness (QED) is 0.805. The smallest absolute Gasteiger partial charge is 0.0917 e. The number of hydrogen-bond donors (Lipinski definition) is 1. The van der Waals surface area contributed by atoms with Crippen LogP contribution in [0.4, 0.5) is 0 Å². The van der Waals surface area contributed by atoms with Crippen molar-refractivity contribution in [2.75, 3.05) is 6.54 Å². The molecule has 0 spiro atoms. The van der Waals surface area contributed by atoms with Crippen LogP contribution in [0, 0.1) is 13.8 Å². The highest BCUT2D eigenvalue weighted by Crippen LogP contribution is 2.20. The molecule has 0 heterocycles. The first-order valence-corrected chi connectivity index (χ1v) is 8.54. The molecule has 0 bridgehead atoms. The molecule has 2 aromatic rings. The van der Waals surface area contributed by atoms with Crippen molar-refractivity contribution in [1.82, 2.24) is 4.90 Å². The van der Waals surface area contributed by atoms with Crippen molar-refractivity contribution in [3.8, 4) is 0 Å². The minimum absolute atomic E-state index is 0.439. The Bertz CT molecular complexity index is 608. The van der Waals surface area contributed by atoms with Crippen molar-refractivity contribution in [1.29, 1.82) is 0 Å². The molecule has 2 atom stereocenters. The fourth-order valence-corrected chi connectivity index (χ4v) is 2.90. The number of aliphatic hydroxyl groups excluding tert-OH is 1. The maximum absolute atomic E-state index is 10.6. The van der Waals surface area contributed by atoms with Gasteiger partial charge < -0.3 is 5.11 Å². The fraction of sp³-hybridized carbons (Fsp3) is 0.429. The van der Waals surface area contributed by atoms with E-state index >= 15 is 0 Å². The molecule has 0 aliphatic carbocycles. The van der Waals surface area contributed by atoms with Crippen LogP contribution in [0.15, 0.2) is 48.5 Å². The van der Waals surface area contributed by atoms with Crippen molar-refractivity contribution in [2.24, 2.45) is 0 Å². The third-order valence-electron chi connectivity index (χ3n) is 4.68. The summed E-state index contributed by atoms with van der Waals surface area (Å²) >= 11 is 0. The zero-order valence-corrected chi connectivity index (χ0v) is 14.8. The lowest BCUT2D eigenvalue weighted by atomic mass is 10.0. The molecule has 23 heavy (non-hydrogen) atoms. The summed E-state index contributed by atoms with van der Waals surface area (Å²) in [5.41, 5.74) is 4.95. The summed E-state index contributed by atoms with van der Waals surface area (Å²) < 4.78 is 0. The van der Waals surface area contributed by atoms with E-state index in [1.165, 1.54) is 16.7 Å². The molecule has 2 aromatic carbocycles. The van der Waals surface area contributed by atoms with E-state index < -0.39 is 6.10 Å². The average molecular weight is 311 g/mol. The van der Waals surface area contributed by atoms with Crippen LogP contribution < -0.4 is 0 Å². The van der Waals surface area contributed by atoms with Crippen molar-refractivity contribution in [2.45, 2.75) is 52.8 Å². The first-order chi connectivity index (χ1) is 11.0. The van der Waals surface area contributed by atoms with Gasteiger partial charge in [-0.25, -0.2) is 0 Å². The Balaban J connectivity index is 2.14. The zero-order chi connectivity index (χ0) is 16.8. The molecule has 0 fully saturated rings. The Morgan fingerprint density at radius 2 is 1.74 bits per heavy atom. The molecule has 0 unspecified atom stereocenters. The molecule has 2 rings (SSSR count). The lowest BCUT2D eigenvalue weighted by Gasteiger charge is -2.31. The number of nitrogens with zero attached hydrogens (tertiary/aromatic N) is 1. The molecule has 1 N–H and O–H groups in total. The van der Waals surface area contributed by atoms with Gasteiger partial charge in [0.05, 0.1) is 6.10 Å². The number of hydrogen-bond acceptors (Lipinski definition) is 2. The minimum Gasteiger partial charge on any atom is -0.387 e. The van der Waals surface area contributed by atoms with Crippen LogP contribution in [0.2, 0.25) is 0 Å². The van der Waals surface area contributed by atoms with E-state index in [0.717, 1.165) is 18.5 Å². The Kier molecular flexibility index (Phi) is 6.37. The van der Waals surface area contributed by atoms with Gasteiger partial charge in [0.2, 0.25) is 0 Å². The Morgan fingerprint density at radius 1 is 1.04 bits per heavy atom. The lowest BCUT2D eigenvalue weighted by molar-refractivity contribution is 0.0846. The number of aryl methyl sites for hydroxylation is 2. The first kappa shape index (κ1) is 17.7. The van der Waals surface area contributed by atoms with Crippen molar-refractivity contribution in [3.05, 3.63) is 70.8 Å². The monoisotopic (exact) mass is 311 g/mol. The van der Waals surface area contributed by atoms with Crippen LogP contribution in [0.5, 0.6) is 0 Å². The van der Waals surface area contributed by atoms with E-state index in [4.69, 9.17) is 0 Å². The normalized spacial score (nSPS) is 14.0. The van der Waals surface area contributed by atoms with Gasteiger partial charge in [-0.1, -0.05) is 61.0 Å². The maximum Gasteiger partial charge on any atom is 0.0917 e. The van der Waals surface area contributed by atoms with Crippen molar-refractivity contribution in [3.63, 3.8) is 0 Å². The van der Waals surface area contributed by atoms with Gasteiger partial charge in [-0.05, 0) is 43.9 Å². The SMILES string of the molecule is CC[C@H](C)N(Cc1ccc(C)cc1C)C[C@H](O)c1ccccc1. The summed E-state index contributed by atoms with van der Waals surface area (Å²) in [5.74, 6) is 0. The number of rotatable bonds is 7. The van der Waals surface area contributed by atoms with Crippen LogP contribution in [-0.2, 0) is 6.54 Å². The third kappa shape index (κ3) is 4.92. The molecule has 0 radical (unpaired) electrons. The molecule has 0 saturated carbocycles. The number of aliphatic hydroxyl groups is 1. The van der Waals surface area contributed by atoms with E-state index in [1.807, 2.05) is 30.3 Å². The largest absolute Gasteiger partial charge is 0.387 e. The van der Waals surface area contributed by atoms with Crippen LogP contribution in [0.1, 0.15) is 48.6 Å². The van der Waals surface area contributed by atoms with E-state index in [-0.39, 0.29) is 0 Å². The number of benzene rings is 2.